The number of carbonyl (C=O) groups is 1. The molecule has 0 fully saturated rings. The van der Waals surface area contributed by atoms with Gasteiger partial charge in [-0.05, 0) is 23.8 Å². The summed E-state index contributed by atoms with van der Waals surface area (Å²) in [5.74, 6) is 0.193. The Labute approximate surface area is 141 Å². The number of hydrogen-bond acceptors (Lipinski definition) is 4. The maximum absolute atomic E-state index is 10.7. The summed E-state index contributed by atoms with van der Waals surface area (Å²) in [7, 11) is 1.61. The highest BCUT2D eigenvalue weighted by Gasteiger charge is 2.06. The number of ether oxygens (including phenoxy) is 3. The van der Waals surface area contributed by atoms with Crippen LogP contribution in [0.25, 0.3) is 6.08 Å². The van der Waals surface area contributed by atoms with Gasteiger partial charge in [-0.15, -0.1) is 0 Å². The van der Waals surface area contributed by atoms with Gasteiger partial charge in [0.15, 0.2) is 0 Å². The molecule has 0 spiro atoms. The van der Waals surface area contributed by atoms with Crippen molar-refractivity contribution in [1.29, 1.82) is 0 Å². The van der Waals surface area contributed by atoms with E-state index in [-0.39, 0.29) is 0 Å². The van der Waals surface area contributed by atoms with Crippen LogP contribution in [-0.2, 0) is 16.1 Å². The first-order valence-corrected chi connectivity index (χ1v) is 7.52. The molecule has 0 aromatic heterocycles. The lowest BCUT2D eigenvalue weighted by Gasteiger charge is -2.12. The Bertz CT molecular complexity index is 679. The summed E-state index contributed by atoms with van der Waals surface area (Å²) in [6.45, 7) is 1.30. The van der Waals surface area contributed by atoms with Crippen molar-refractivity contribution in [3.63, 3.8) is 0 Å². The number of rotatable bonds is 9. The smallest absolute Gasteiger partial charge is 0.328 e. The molecule has 126 valence electrons. The zero-order valence-corrected chi connectivity index (χ0v) is 13.5. The van der Waals surface area contributed by atoms with Gasteiger partial charge >= 0.3 is 5.97 Å². The predicted molar refractivity (Wildman–Crippen MR) is 91.3 cm³/mol. The lowest BCUT2D eigenvalue weighted by atomic mass is 10.1. The quantitative estimate of drug-likeness (QED) is 0.564. The Balaban J connectivity index is 2.15. The van der Waals surface area contributed by atoms with E-state index in [0.717, 1.165) is 11.6 Å². The summed E-state index contributed by atoms with van der Waals surface area (Å²) < 4.78 is 16.4. The molecule has 1 N–H and O–H groups in total. The number of benzene rings is 2. The van der Waals surface area contributed by atoms with Crippen LogP contribution in [0.15, 0.2) is 54.6 Å². The zero-order chi connectivity index (χ0) is 17.2. The fraction of sp³-hybridized carbons (Fsp3) is 0.211. The maximum atomic E-state index is 10.7. The molecule has 2 aromatic carbocycles. The van der Waals surface area contributed by atoms with Crippen molar-refractivity contribution in [2.24, 2.45) is 0 Å². The Kier molecular flexibility index (Phi) is 6.86. The fourth-order valence-corrected chi connectivity index (χ4v) is 2.01. The van der Waals surface area contributed by atoms with Crippen LogP contribution < -0.4 is 9.47 Å². The zero-order valence-electron chi connectivity index (χ0n) is 13.5. The average Bonchev–Trinajstić information content (AvgIpc) is 2.60. The van der Waals surface area contributed by atoms with Crippen molar-refractivity contribution in [2.75, 3.05) is 20.3 Å². The number of aliphatic carboxylic acids is 1. The molecule has 0 saturated heterocycles. The third-order valence-corrected chi connectivity index (χ3v) is 3.18. The van der Waals surface area contributed by atoms with Crippen molar-refractivity contribution in [2.45, 2.75) is 6.61 Å². The Morgan fingerprint density at radius 1 is 1.08 bits per heavy atom. The second-order valence-electron chi connectivity index (χ2n) is 4.99. The minimum absolute atomic E-state index is 0.385. The molecule has 5 heteroatoms. The molecule has 2 rings (SSSR count). The lowest BCUT2D eigenvalue weighted by molar-refractivity contribution is -0.131. The average molecular weight is 328 g/mol. The number of carboxylic acid groups (broad SMARTS) is 1. The van der Waals surface area contributed by atoms with Gasteiger partial charge in [-0.25, -0.2) is 4.79 Å². The molecule has 24 heavy (non-hydrogen) atoms. The van der Waals surface area contributed by atoms with Gasteiger partial charge in [-0.3, -0.25) is 0 Å². The molecule has 0 aliphatic heterocycles. The summed E-state index contributed by atoms with van der Waals surface area (Å²) in [4.78, 5) is 10.7. The molecule has 0 aliphatic rings. The van der Waals surface area contributed by atoms with E-state index >= 15 is 0 Å². The first-order chi connectivity index (χ1) is 11.7. The minimum Gasteiger partial charge on any atom is -0.491 e. The van der Waals surface area contributed by atoms with E-state index in [4.69, 9.17) is 19.3 Å². The summed E-state index contributed by atoms with van der Waals surface area (Å²) in [6, 6.07) is 15.0. The van der Waals surface area contributed by atoms with Crippen LogP contribution in [0.1, 0.15) is 11.1 Å². The molecule has 0 aliphatic carbocycles. The van der Waals surface area contributed by atoms with E-state index in [1.807, 2.05) is 30.3 Å². The Morgan fingerprint density at radius 3 is 2.58 bits per heavy atom. The summed E-state index contributed by atoms with van der Waals surface area (Å²) in [5.41, 5.74) is 1.70. The standard InChI is InChI=1S/C19H20O5/c1-22-11-12-23-17-9-7-16(8-10-19(20)21)18(13-17)24-14-15-5-3-2-4-6-15/h2-10,13H,11-12,14H2,1H3,(H,20,21)/b10-8+. The fourth-order valence-electron chi connectivity index (χ4n) is 2.01. The van der Waals surface area contributed by atoms with Gasteiger partial charge in [0.2, 0.25) is 0 Å². The van der Waals surface area contributed by atoms with E-state index < -0.39 is 5.97 Å². The van der Waals surface area contributed by atoms with Crippen LogP contribution in [0.4, 0.5) is 0 Å². The van der Waals surface area contributed by atoms with Gasteiger partial charge in [0.05, 0.1) is 6.61 Å². The third kappa shape index (κ3) is 5.78. The van der Waals surface area contributed by atoms with Crippen LogP contribution >= 0.6 is 0 Å². The van der Waals surface area contributed by atoms with Gasteiger partial charge in [0.1, 0.15) is 24.7 Å². The van der Waals surface area contributed by atoms with Gasteiger partial charge in [0, 0.05) is 24.8 Å². The molecule has 5 nitrogen and oxygen atoms in total. The second kappa shape index (κ2) is 9.37. The SMILES string of the molecule is COCCOc1ccc(/C=C/C(=O)O)c(OCc2ccccc2)c1. The molecular weight excluding hydrogens is 308 g/mol. The third-order valence-electron chi connectivity index (χ3n) is 3.18. The highest BCUT2D eigenvalue weighted by atomic mass is 16.5. The highest BCUT2D eigenvalue weighted by molar-refractivity contribution is 5.86. The van der Waals surface area contributed by atoms with Gasteiger partial charge in [0.25, 0.3) is 0 Å². The second-order valence-corrected chi connectivity index (χ2v) is 4.99. The maximum Gasteiger partial charge on any atom is 0.328 e. The number of methoxy groups -OCH3 is 1. The van der Waals surface area contributed by atoms with Crippen molar-refractivity contribution in [1.82, 2.24) is 0 Å². The molecule has 0 unspecified atom stereocenters. The van der Waals surface area contributed by atoms with Gasteiger partial charge in [-0.2, -0.15) is 0 Å². The van der Waals surface area contributed by atoms with Gasteiger partial charge < -0.3 is 19.3 Å². The van der Waals surface area contributed by atoms with E-state index in [1.165, 1.54) is 6.08 Å². The molecule has 0 bridgehead atoms. The number of carboxylic acids is 1. The molecule has 0 radical (unpaired) electrons. The molecule has 0 saturated carbocycles. The van der Waals surface area contributed by atoms with E-state index in [1.54, 1.807) is 25.3 Å². The largest absolute Gasteiger partial charge is 0.491 e. The van der Waals surface area contributed by atoms with Crippen LogP contribution in [0.2, 0.25) is 0 Å². The van der Waals surface area contributed by atoms with Crippen molar-refractivity contribution >= 4 is 12.0 Å². The summed E-state index contributed by atoms with van der Waals surface area (Å²) in [5, 5.41) is 8.81. The number of hydrogen-bond donors (Lipinski definition) is 1. The monoisotopic (exact) mass is 328 g/mol. The van der Waals surface area contributed by atoms with E-state index in [0.29, 0.717) is 36.9 Å². The van der Waals surface area contributed by atoms with Crippen LogP contribution in [0.5, 0.6) is 11.5 Å². The predicted octanol–water partition coefficient (Wildman–Crippen LogP) is 3.39. The minimum atomic E-state index is -1.01. The summed E-state index contributed by atoms with van der Waals surface area (Å²) >= 11 is 0. The van der Waals surface area contributed by atoms with E-state index in [2.05, 4.69) is 0 Å². The molecular formula is C19H20O5. The normalized spacial score (nSPS) is 10.7. The topological polar surface area (TPSA) is 65.0 Å². The molecule has 0 amide bonds. The first-order valence-electron chi connectivity index (χ1n) is 7.52. The van der Waals surface area contributed by atoms with Crippen LogP contribution in [-0.4, -0.2) is 31.4 Å². The summed E-state index contributed by atoms with van der Waals surface area (Å²) in [6.07, 6.45) is 2.58. The van der Waals surface area contributed by atoms with E-state index in [9.17, 15) is 4.79 Å². The molecule has 0 atom stereocenters. The van der Waals surface area contributed by atoms with Gasteiger partial charge in [-0.1, -0.05) is 30.3 Å². The Hall–Kier alpha value is -2.79. The highest BCUT2D eigenvalue weighted by Crippen LogP contribution is 2.27. The Morgan fingerprint density at radius 2 is 1.88 bits per heavy atom. The lowest BCUT2D eigenvalue weighted by Crippen LogP contribution is -2.05. The van der Waals surface area contributed by atoms with Crippen molar-refractivity contribution in [3.8, 4) is 11.5 Å². The van der Waals surface area contributed by atoms with Crippen molar-refractivity contribution < 1.29 is 24.1 Å². The van der Waals surface area contributed by atoms with Crippen molar-refractivity contribution in [3.05, 3.63) is 65.7 Å². The first kappa shape index (κ1) is 17.6. The molecule has 2 aromatic rings. The van der Waals surface area contributed by atoms with Crippen LogP contribution in [0, 0.1) is 0 Å². The van der Waals surface area contributed by atoms with Crippen LogP contribution in [0.3, 0.4) is 0 Å². The molecule has 0 heterocycles.